The van der Waals surface area contributed by atoms with Gasteiger partial charge in [-0.3, -0.25) is 4.99 Å². The van der Waals surface area contributed by atoms with Crippen molar-refractivity contribution in [1.29, 1.82) is 0 Å². The number of benzene rings is 2. The van der Waals surface area contributed by atoms with Gasteiger partial charge in [0.15, 0.2) is 0 Å². The number of aromatic nitrogens is 2. The highest BCUT2D eigenvalue weighted by Crippen LogP contribution is 2.24. The molecule has 0 aliphatic carbocycles. The van der Waals surface area contributed by atoms with Crippen molar-refractivity contribution in [2.45, 2.75) is 6.42 Å². The summed E-state index contributed by atoms with van der Waals surface area (Å²) in [4.78, 5) is 15.4. The molecule has 1 aromatic heterocycles. The molecule has 0 fully saturated rings. The summed E-state index contributed by atoms with van der Waals surface area (Å²) in [5, 5.41) is 3.30. The van der Waals surface area contributed by atoms with Crippen LogP contribution >= 0.6 is 0 Å². The molecule has 0 unspecified atom stereocenters. The zero-order chi connectivity index (χ0) is 22.2. The fourth-order valence-electron chi connectivity index (χ4n) is 3.52. The van der Waals surface area contributed by atoms with Crippen LogP contribution in [0.15, 0.2) is 96.9 Å². The molecule has 2 heterocycles. The Morgan fingerprint density at radius 1 is 1.06 bits per heavy atom. The Labute approximate surface area is 188 Å². The third-order valence-corrected chi connectivity index (χ3v) is 5.21. The summed E-state index contributed by atoms with van der Waals surface area (Å²) in [5.41, 5.74) is 11.5. The molecular formula is C26H26N6. The summed E-state index contributed by atoms with van der Waals surface area (Å²) in [6.07, 6.45) is 12.0. The summed E-state index contributed by atoms with van der Waals surface area (Å²) in [6, 6.07) is 18.3. The molecular weight excluding hydrogens is 396 g/mol. The highest BCUT2D eigenvalue weighted by molar-refractivity contribution is 6.09. The Balaban J connectivity index is 1.47. The zero-order valence-corrected chi connectivity index (χ0v) is 17.9. The molecule has 0 spiro atoms. The molecule has 2 aromatic carbocycles. The minimum absolute atomic E-state index is 0.556. The molecule has 3 aromatic rings. The number of hydrogen-bond donors (Lipinski definition) is 2. The van der Waals surface area contributed by atoms with Gasteiger partial charge < -0.3 is 16.0 Å². The van der Waals surface area contributed by atoms with E-state index >= 15 is 0 Å². The van der Waals surface area contributed by atoms with Crippen LogP contribution in [0.1, 0.15) is 12.0 Å². The van der Waals surface area contributed by atoms with E-state index in [1.165, 1.54) is 18.1 Å². The molecule has 0 atom stereocenters. The molecule has 6 nitrogen and oxygen atoms in total. The van der Waals surface area contributed by atoms with E-state index in [-0.39, 0.29) is 0 Å². The summed E-state index contributed by atoms with van der Waals surface area (Å²) >= 11 is 0. The van der Waals surface area contributed by atoms with Gasteiger partial charge in [0.2, 0.25) is 5.95 Å². The molecule has 6 heteroatoms. The fourth-order valence-corrected chi connectivity index (χ4v) is 3.52. The number of nitrogens with two attached hydrogens (primary N) is 1. The van der Waals surface area contributed by atoms with Crippen molar-refractivity contribution in [3.8, 4) is 11.3 Å². The molecule has 3 N–H and O–H groups in total. The van der Waals surface area contributed by atoms with Gasteiger partial charge in [0.05, 0.1) is 5.69 Å². The molecule has 0 saturated carbocycles. The van der Waals surface area contributed by atoms with E-state index in [4.69, 9.17) is 5.73 Å². The van der Waals surface area contributed by atoms with Crippen LogP contribution in [-0.2, 0) is 0 Å². The lowest BCUT2D eigenvalue weighted by Crippen LogP contribution is -2.26. The van der Waals surface area contributed by atoms with Gasteiger partial charge in [-0.05, 0) is 42.3 Å². The second-order valence-electron chi connectivity index (χ2n) is 7.30. The Morgan fingerprint density at radius 2 is 1.88 bits per heavy atom. The highest BCUT2D eigenvalue weighted by Gasteiger charge is 2.08. The molecule has 0 amide bonds. The quantitative estimate of drug-likeness (QED) is 0.406. The maximum Gasteiger partial charge on any atom is 0.227 e. The van der Waals surface area contributed by atoms with Gasteiger partial charge in [-0.25, -0.2) is 9.97 Å². The lowest BCUT2D eigenvalue weighted by molar-refractivity contribution is 0.821. The molecule has 0 bridgehead atoms. The smallest absolute Gasteiger partial charge is 0.227 e. The van der Waals surface area contributed by atoms with E-state index in [2.05, 4.69) is 68.2 Å². The van der Waals surface area contributed by atoms with Crippen molar-refractivity contribution in [3.63, 3.8) is 0 Å². The van der Waals surface area contributed by atoms with E-state index < -0.39 is 0 Å². The lowest BCUT2D eigenvalue weighted by Gasteiger charge is -2.25. The monoisotopic (exact) mass is 422 g/mol. The molecule has 0 radical (unpaired) electrons. The van der Waals surface area contributed by atoms with Crippen LogP contribution < -0.4 is 16.0 Å². The van der Waals surface area contributed by atoms with Crippen molar-refractivity contribution in [2.24, 2.45) is 10.7 Å². The topological polar surface area (TPSA) is 79.4 Å². The maximum absolute atomic E-state index is 5.72. The fraction of sp³-hybridized carbons (Fsp3) is 0.115. The number of nitrogens with one attached hydrogen (secondary N) is 1. The zero-order valence-electron chi connectivity index (χ0n) is 17.9. The molecule has 160 valence electrons. The van der Waals surface area contributed by atoms with Gasteiger partial charge in [0, 0.05) is 60.4 Å². The largest absolute Gasteiger partial charge is 0.404 e. The average Bonchev–Trinajstić information content (AvgIpc) is 2.86. The minimum Gasteiger partial charge on any atom is -0.404 e. The van der Waals surface area contributed by atoms with Crippen molar-refractivity contribution in [2.75, 3.05) is 23.3 Å². The van der Waals surface area contributed by atoms with Crippen LogP contribution in [0.25, 0.3) is 16.8 Å². The van der Waals surface area contributed by atoms with Gasteiger partial charge in [-0.1, -0.05) is 43.0 Å². The van der Waals surface area contributed by atoms with E-state index in [1.807, 2.05) is 30.3 Å². The van der Waals surface area contributed by atoms with Crippen LogP contribution in [0.2, 0.25) is 0 Å². The van der Waals surface area contributed by atoms with Gasteiger partial charge in [0.1, 0.15) is 0 Å². The number of nitrogens with zero attached hydrogens (tertiary/aromatic N) is 4. The van der Waals surface area contributed by atoms with E-state index in [0.29, 0.717) is 5.95 Å². The van der Waals surface area contributed by atoms with Crippen LogP contribution in [-0.4, -0.2) is 29.3 Å². The Hall–Kier alpha value is -4.19. The molecule has 1 aliphatic rings. The predicted molar refractivity (Wildman–Crippen MR) is 134 cm³/mol. The number of aliphatic imine (C=N–C) groups is 1. The van der Waals surface area contributed by atoms with E-state index in [0.717, 1.165) is 47.6 Å². The summed E-state index contributed by atoms with van der Waals surface area (Å²) in [5.74, 6) is 0.556. The molecule has 1 aliphatic heterocycles. The van der Waals surface area contributed by atoms with Gasteiger partial charge in [-0.15, -0.1) is 0 Å². The summed E-state index contributed by atoms with van der Waals surface area (Å²) < 4.78 is 0. The first kappa shape index (κ1) is 21.1. The standard InChI is InChI=1S/C26H26N6/c1-2-28-19-22(18-27)20-6-8-21(9-7-20)25-14-15-29-26(31-25)30-23-10-12-24(13-11-23)32-16-4-3-5-17-32/h2-4,6-15,18-19H,1,5,16-17,27H2,(H,29,30,31)/b22-18+,28-19?. The van der Waals surface area contributed by atoms with Crippen molar-refractivity contribution >= 4 is 29.1 Å². The second kappa shape index (κ2) is 10.2. The summed E-state index contributed by atoms with van der Waals surface area (Å²) in [6.45, 7) is 5.60. The van der Waals surface area contributed by atoms with Gasteiger partial charge >= 0.3 is 0 Å². The lowest BCUT2D eigenvalue weighted by atomic mass is 10.0. The number of rotatable bonds is 7. The van der Waals surface area contributed by atoms with Crippen molar-refractivity contribution in [3.05, 3.63) is 97.5 Å². The van der Waals surface area contributed by atoms with E-state index in [1.54, 1.807) is 12.4 Å². The first-order chi connectivity index (χ1) is 15.8. The molecule has 32 heavy (non-hydrogen) atoms. The van der Waals surface area contributed by atoms with Crippen LogP contribution in [0.4, 0.5) is 17.3 Å². The van der Waals surface area contributed by atoms with Crippen LogP contribution in [0, 0.1) is 0 Å². The maximum atomic E-state index is 5.72. The number of hydrogen-bond acceptors (Lipinski definition) is 6. The van der Waals surface area contributed by atoms with Crippen LogP contribution in [0.3, 0.4) is 0 Å². The highest BCUT2D eigenvalue weighted by atomic mass is 15.1. The van der Waals surface area contributed by atoms with Crippen LogP contribution in [0.5, 0.6) is 0 Å². The Morgan fingerprint density at radius 3 is 2.56 bits per heavy atom. The van der Waals surface area contributed by atoms with Gasteiger partial charge in [-0.2, -0.15) is 0 Å². The minimum atomic E-state index is 0.556. The molecule has 0 saturated heterocycles. The molecule has 4 rings (SSSR count). The normalized spacial score (nSPS) is 14.0. The second-order valence-corrected chi connectivity index (χ2v) is 7.30. The third-order valence-electron chi connectivity index (χ3n) is 5.21. The van der Waals surface area contributed by atoms with Crippen molar-refractivity contribution < 1.29 is 0 Å². The number of allylic oxidation sites excluding steroid dienone is 1. The van der Waals surface area contributed by atoms with E-state index in [9.17, 15) is 0 Å². The van der Waals surface area contributed by atoms with Gasteiger partial charge in [0.25, 0.3) is 0 Å². The SMILES string of the molecule is C=CN=C/C(=C\N)c1ccc(-c2ccnc(Nc3ccc(N4CC=CCC4)cc3)n2)cc1. The third kappa shape index (κ3) is 5.10. The van der Waals surface area contributed by atoms with Crippen molar-refractivity contribution in [1.82, 2.24) is 9.97 Å². The first-order valence-electron chi connectivity index (χ1n) is 10.5. The number of anilines is 3. The first-order valence-corrected chi connectivity index (χ1v) is 10.5. The predicted octanol–water partition coefficient (Wildman–Crippen LogP) is 5.17. The summed E-state index contributed by atoms with van der Waals surface area (Å²) in [7, 11) is 0. The Bertz CT molecular complexity index is 1140. The Kier molecular flexibility index (Phi) is 6.72. The average molecular weight is 423 g/mol.